The molecule has 0 spiro atoms. The molecule has 0 aromatic carbocycles. The van der Waals surface area contributed by atoms with Gasteiger partial charge in [0.15, 0.2) is 0 Å². The van der Waals surface area contributed by atoms with Gasteiger partial charge < -0.3 is 5.73 Å². The van der Waals surface area contributed by atoms with E-state index in [9.17, 15) is 9.59 Å². The summed E-state index contributed by atoms with van der Waals surface area (Å²) in [6, 6.07) is 3.71. The number of hydrogen-bond donors (Lipinski definition) is 3. The zero-order chi connectivity index (χ0) is 12.8. The Kier molecular flexibility index (Phi) is 4.80. The van der Waals surface area contributed by atoms with Gasteiger partial charge >= 0.3 is 0 Å². The number of nitrogens with one attached hydrogen (secondary N) is 2. The van der Waals surface area contributed by atoms with Crippen LogP contribution in [0.5, 0.6) is 0 Å². The fraction of sp³-hybridized carbons (Fsp3) is 0.100. The van der Waals surface area contributed by atoms with E-state index in [0.29, 0.717) is 0 Å². The Hall–Kier alpha value is -1.73. The minimum atomic E-state index is -0.727. The predicted molar refractivity (Wildman–Crippen MR) is 70.2 cm³/mol. The molecule has 4 N–H and O–H groups in total. The summed E-state index contributed by atoms with van der Waals surface area (Å²) in [5.41, 5.74) is 9.71. The zero-order valence-corrected chi connectivity index (χ0v) is 10.5. The summed E-state index contributed by atoms with van der Waals surface area (Å²) in [5, 5.41) is 1.88. The normalized spacial score (nSPS) is 9.41. The molecule has 1 heterocycles. The Morgan fingerprint density at radius 3 is 2.71 bits per heavy atom. The third kappa shape index (κ3) is 4.33. The highest BCUT2D eigenvalue weighted by Crippen LogP contribution is 2.08. The molecule has 0 bridgehead atoms. The molecule has 0 aliphatic heterocycles. The number of hydrogen-bond acceptors (Lipinski definition) is 4. The summed E-state index contributed by atoms with van der Waals surface area (Å²) < 4.78 is 0. The summed E-state index contributed by atoms with van der Waals surface area (Å²) in [7, 11) is 0. The second-order valence-electron chi connectivity index (χ2n) is 3.10. The number of amides is 2. The molecule has 0 unspecified atom stereocenters. The Labute approximate surface area is 108 Å². The third-order valence-corrected chi connectivity index (χ3v) is 3.03. The van der Waals surface area contributed by atoms with Crippen LogP contribution in [0.15, 0.2) is 29.7 Å². The number of carbonyl (C=O) groups excluding carboxylic acids is 2. The molecule has 90 valence electrons. The first-order valence-electron chi connectivity index (χ1n) is 4.61. The lowest BCUT2D eigenvalue weighted by Crippen LogP contribution is -2.43. The van der Waals surface area contributed by atoms with Crippen molar-refractivity contribution in [2.45, 2.75) is 6.42 Å². The average molecular weight is 269 g/mol. The number of thiophene rings is 1. The fourth-order valence-electron chi connectivity index (χ4n) is 0.929. The summed E-state index contributed by atoms with van der Waals surface area (Å²) in [6.45, 7) is 3.38. The first-order valence-corrected chi connectivity index (χ1v) is 5.89. The SMILES string of the molecule is C=C(C(N)=O)C(=S)NNC(=O)Cc1cccs1. The van der Waals surface area contributed by atoms with Gasteiger partial charge in [0.25, 0.3) is 5.91 Å². The molecule has 7 heteroatoms. The van der Waals surface area contributed by atoms with Crippen LogP contribution in [0, 0.1) is 0 Å². The first kappa shape index (κ1) is 13.3. The van der Waals surface area contributed by atoms with E-state index in [1.165, 1.54) is 11.3 Å². The Balaban J connectivity index is 2.36. The molecule has 0 aliphatic carbocycles. The minimum absolute atomic E-state index is 0.0111. The Morgan fingerprint density at radius 1 is 1.47 bits per heavy atom. The van der Waals surface area contributed by atoms with Crippen LogP contribution < -0.4 is 16.6 Å². The van der Waals surface area contributed by atoms with Gasteiger partial charge in [0.05, 0.1) is 12.0 Å². The minimum Gasteiger partial charge on any atom is -0.366 e. The van der Waals surface area contributed by atoms with E-state index in [4.69, 9.17) is 18.0 Å². The highest BCUT2D eigenvalue weighted by molar-refractivity contribution is 7.80. The standard InChI is InChI=1S/C10H11N3O2S2/c1-6(9(11)15)10(16)13-12-8(14)5-7-3-2-4-17-7/h2-4H,1,5H2,(H2,11,15)(H,12,14)(H,13,16). The maximum atomic E-state index is 11.4. The van der Waals surface area contributed by atoms with Crippen molar-refractivity contribution < 1.29 is 9.59 Å². The van der Waals surface area contributed by atoms with E-state index in [2.05, 4.69) is 17.4 Å². The fourth-order valence-corrected chi connectivity index (χ4v) is 1.78. The van der Waals surface area contributed by atoms with Crippen LogP contribution in [0.25, 0.3) is 0 Å². The molecular weight excluding hydrogens is 258 g/mol. The van der Waals surface area contributed by atoms with Crippen LogP contribution in [-0.2, 0) is 16.0 Å². The zero-order valence-electron chi connectivity index (χ0n) is 8.86. The van der Waals surface area contributed by atoms with Crippen LogP contribution in [0.1, 0.15) is 4.88 Å². The van der Waals surface area contributed by atoms with E-state index in [1.54, 1.807) is 0 Å². The third-order valence-electron chi connectivity index (χ3n) is 1.80. The van der Waals surface area contributed by atoms with Crippen molar-refractivity contribution in [1.29, 1.82) is 0 Å². The van der Waals surface area contributed by atoms with Gasteiger partial charge in [0.1, 0.15) is 4.99 Å². The van der Waals surface area contributed by atoms with Crippen LogP contribution in [0.3, 0.4) is 0 Å². The van der Waals surface area contributed by atoms with E-state index in [-0.39, 0.29) is 22.9 Å². The summed E-state index contributed by atoms with van der Waals surface area (Å²) in [4.78, 5) is 23.1. The summed E-state index contributed by atoms with van der Waals surface area (Å²) in [6.07, 6.45) is 0.246. The average Bonchev–Trinajstić information content (AvgIpc) is 2.77. The van der Waals surface area contributed by atoms with E-state index in [1.807, 2.05) is 17.5 Å². The first-order chi connectivity index (χ1) is 8.00. The van der Waals surface area contributed by atoms with Crippen molar-refractivity contribution in [3.8, 4) is 0 Å². The molecule has 5 nitrogen and oxygen atoms in total. The quantitative estimate of drug-likeness (QED) is 0.416. The number of primary amides is 1. The van der Waals surface area contributed by atoms with Crippen molar-refractivity contribution in [1.82, 2.24) is 10.9 Å². The predicted octanol–water partition coefficient (Wildman–Crippen LogP) is 0.280. The molecule has 1 aromatic heterocycles. The van der Waals surface area contributed by atoms with Gasteiger partial charge in [-0.25, -0.2) is 0 Å². The lowest BCUT2D eigenvalue weighted by Gasteiger charge is -2.09. The second kappa shape index (κ2) is 6.12. The number of thiocarbonyl (C=S) groups is 1. The van der Waals surface area contributed by atoms with E-state index in [0.717, 1.165) is 4.88 Å². The van der Waals surface area contributed by atoms with Crippen LogP contribution in [0.4, 0.5) is 0 Å². The molecule has 0 atom stereocenters. The van der Waals surface area contributed by atoms with E-state index < -0.39 is 5.91 Å². The van der Waals surface area contributed by atoms with Crippen molar-refractivity contribution in [2.75, 3.05) is 0 Å². The van der Waals surface area contributed by atoms with Gasteiger partial charge in [-0.3, -0.25) is 20.4 Å². The van der Waals surface area contributed by atoms with Crippen molar-refractivity contribution >= 4 is 40.4 Å². The topological polar surface area (TPSA) is 84.2 Å². The molecule has 0 saturated heterocycles. The molecular formula is C10H11N3O2S2. The summed E-state index contributed by atoms with van der Waals surface area (Å²) >= 11 is 6.28. The van der Waals surface area contributed by atoms with Gasteiger partial charge in [-0.2, -0.15) is 0 Å². The number of rotatable bonds is 4. The molecule has 1 aromatic rings. The van der Waals surface area contributed by atoms with Gasteiger partial charge in [-0.1, -0.05) is 24.9 Å². The molecule has 0 aliphatic rings. The number of hydrazine groups is 1. The lowest BCUT2D eigenvalue weighted by atomic mass is 10.3. The van der Waals surface area contributed by atoms with Gasteiger partial charge in [0, 0.05) is 4.88 Å². The number of carbonyl (C=O) groups is 2. The molecule has 17 heavy (non-hydrogen) atoms. The molecule has 0 saturated carbocycles. The maximum Gasteiger partial charge on any atom is 0.251 e. The Morgan fingerprint density at radius 2 is 2.18 bits per heavy atom. The van der Waals surface area contributed by atoms with E-state index >= 15 is 0 Å². The van der Waals surface area contributed by atoms with Gasteiger partial charge in [-0.05, 0) is 11.4 Å². The highest BCUT2D eigenvalue weighted by Gasteiger charge is 2.09. The smallest absolute Gasteiger partial charge is 0.251 e. The largest absolute Gasteiger partial charge is 0.366 e. The van der Waals surface area contributed by atoms with Crippen LogP contribution in [0.2, 0.25) is 0 Å². The van der Waals surface area contributed by atoms with Crippen LogP contribution in [-0.4, -0.2) is 16.8 Å². The molecule has 0 fully saturated rings. The lowest BCUT2D eigenvalue weighted by molar-refractivity contribution is -0.121. The van der Waals surface area contributed by atoms with Crippen LogP contribution >= 0.6 is 23.6 Å². The monoisotopic (exact) mass is 269 g/mol. The van der Waals surface area contributed by atoms with Crippen molar-refractivity contribution in [3.63, 3.8) is 0 Å². The van der Waals surface area contributed by atoms with Gasteiger partial charge in [-0.15, -0.1) is 11.3 Å². The maximum absolute atomic E-state index is 11.4. The molecule has 1 rings (SSSR count). The van der Waals surface area contributed by atoms with Gasteiger partial charge in [0.2, 0.25) is 5.91 Å². The van der Waals surface area contributed by atoms with Crippen molar-refractivity contribution in [3.05, 3.63) is 34.5 Å². The highest BCUT2D eigenvalue weighted by atomic mass is 32.1. The number of nitrogens with two attached hydrogens (primary N) is 1. The Bertz CT molecular complexity index is 454. The van der Waals surface area contributed by atoms with Crippen molar-refractivity contribution in [2.24, 2.45) is 5.73 Å². The summed E-state index contributed by atoms with van der Waals surface area (Å²) in [5.74, 6) is -0.984. The molecule has 2 amide bonds. The second-order valence-corrected chi connectivity index (χ2v) is 4.54. The molecule has 0 radical (unpaired) electrons.